The summed E-state index contributed by atoms with van der Waals surface area (Å²) in [5.74, 6) is 0.891. The van der Waals surface area contributed by atoms with Crippen molar-refractivity contribution in [2.75, 3.05) is 5.32 Å². The number of carbonyl (C=O) groups excluding carboxylic acids is 1. The summed E-state index contributed by atoms with van der Waals surface area (Å²) in [5.41, 5.74) is 0.575. The first-order valence-electron chi connectivity index (χ1n) is 6.45. The average Bonchev–Trinajstić information content (AvgIpc) is 2.92. The van der Waals surface area contributed by atoms with Crippen LogP contribution in [-0.2, 0) is 0 Å². The first-order valence-corrected chi connectivity index (χ1v) is 6.45. The minimum atomic E-state index is -0.263. The summed E-state index contributed by atoms with van der Waals surface area (Å²) < 4.78 is 1.50. The van der Waals surface area contributed by atoms with Gasteiger partial charge >= 0.3 is 6.03 Å². The van der Waals surface area contributed by atoms with E-state index in [-0.39, 0.29) is 12.1 Å². The number of amides is 2. The Balaban J connectivity index is 2.12. The second-order valence-electron chi connectivity index (χ2n) is 4.85. The van der Waals surface area contributed by atoms with Gasteiger partial charge in [-0.2, -0.15) is 5.10 Å². The molecule has 2 N–H and O–H groups in total. The first kappa shape index (κ1) is 14.0. The maximum Gasteiger partial charge on any atom is 0.319 e. The molecule has 7 heteroatoms. The highest BCUT2D eigenvalue weighted by molar-refractivity contribution is 5.91. The Kier molecular flexibility index (Phi) is 4.29. The molecule has 1 unspecified atom stereocenters. The molecule has 2 rings (SSSR count). The monoisotopic (exact) mass is 274 g/mol. The van der Waals surface area contributed by atoms with Crippen LogP contribution in [0.3, 0.4) is 0 Å². The standard InChI is InChI=1S/C13H18N6O/c1-9(2)10(3)17-13(20)18-11-5-4-6-15-12(11)19-8-14-7-16-19/h4-10H,1-3H3,(H2,17,18,20). The minimum absolute atomic E-state index is 0.0847. The number of nitrogens with one attached hydrogen (secondary N) is 2. The van der Waals surface area contributed by atoms with Crippen LogP contribution in [0, 0.1) is 5.92 Å². The van der Waals surface area contributed by atoms with Gasteiger partial charge in [0, 0.05) is 12.2 Å². The molecule has 106 valence electrons. The summed E-state index contributed by atoms with van der Waals surface area (Å²) in [6, 6.07) is 3.34. The normalized spacial score (nSPS) is 12.2. The van der Waals surface area contributed by atoms with Gasteiger partial charge in [0.05, 0.1) is 5.69 Å². The van der Waals surface area contributed by atoms with E-state index in [0.717, 1.165) is 0 Å². The molecule has 7 nitrogen and oxygen atoms in total. The predicted molar refractivity (Wildman–Crippen MR) is 75.6 cm³/mol. The number of pyridine rings is 1. The first-order chi connectivity index (χ1) is 9.58. The second-order valence-corrected chi connectivity index (χ2v) is 4.85. The highest BCUT2D eigenvalue weighted by Gasteiger charge is 2.13. The topological polar surface area (TPSA) is 84.7 Å². The molecule has 0 aliphatic heterocycles. The lowest BCUT2D eigenvalue weighted by molar-refractivity contribution is 0.246. The van der Waals surface area contributed by atoms with Crippen LogP contribution < -0.4 is 10.6 Å². The van der Waals surface area contributed by atoms with Crippen molar-refractivity contribution in [3.8, 4) is 5.82 Å². The Morgan fingerprint density at radius 1 is 1.35 bits per heavy atom. The largest absolute Gasteiger partial charge is 0.335 e. The van der Waals surface area contributed by atoms with Crippen LogP contribution in [-0.4, -0.2) is 31.8 Å². The summed E-state index contributed by atoms with van der Waals surface area (Å²) in [6.45, 7) is 6.07. The third-order valence-corrected chi connectivity index (χ3v) is 3.03. The van der Waals surface area contributed by atoms with E-state index in [1.54, 1.807) is 18.3 Å². The van der Waals surface area contributed by atoms with Crippen molar-refractivity contribution in [1.29, 1.82) is 0 Å². The molecule has 0 spiro atoms. The van der Waals surface area contributed by atoms with E-state index in [9.17, 15) is 4.79 Å². The van der Waals surface area contributed by atoms with E-state index in [1.165, 1.54) is 17.3 Å². The number of nitrogens with zero attached hydrogens (tertiary/aromatic N) is 4. The molecule has 0 aliphatic carbocycles. The fourth-order valence-corrected chi connectivity index (χ4v) is 1.53. The molecular formula is C13H18N6O. The summed E-state index contributed by atoms with van der Waals surface area (Å²) in [4.78, 5) is 20.0. The van der Waals surface area contributed by atoms with E-state index < -0.39 is 0 Å². The maximum atomic E-state index is 12.0. The molecule has 1 atom stereocenters. The van der Waals surface area contributed by atoms with Crippen LogP contribution in [0.2, 0.25) is 0 Å². The lowest BCUT2D eigenvalue weighted by Crippen LogP contribution is -2.39. The number of rotatable bonds is 4. The molecule has 0 aliphatic rings. The molecule has 0 radical (unpaired) electrons. The number of hydrogen-bond acceptors (Lipinski definition) is 4. The van der Waals surface area contributed by atoms with E-state index in [4.69, 9.17) is 0 Å². The van der Waals surface area contributed by atoms with E-state index in [2.05, 4.69) is 39.5 Å². The Hall–Kier alpha value is -2.44. The van der Waals surface area contributed by atoms with Crippen molar-refractivity contribution in [3.05, 3.63) is 31.0 Å². The van der Waals surface area contributed by atoms with Gasteiger partial charge in [0.15, 0.2) is 5.82 Å². The van der Waals surface area contributed by atoms with Crippen molar-refractivity contribution < 1.29 is 4.79 Å². The van der Waals surface area contributed by atoms with Crippen molar-refractivity contribution in [3.63, 3.8) is 0 Å². The van der Waals surface area contributed by atoms with Gasteiger partial charge in [0.25, 0.3) is 0 Å². The zero-order valence-corrected chi connectivity index (χ0v) is 11.7. The molecule has 0 saturated carbocycles. The zero-order valence-electron chi connectivity index (χ0n) is 11.7. The van der Waals surface area contributed by atoms with E-state index in [1.807, 2.05) is 6.92 Å². The van der Waals surface area contributed by atoms with Crippen molar-refractivity contribution in [2.24, 2.45) is 5.92 Å². The van der Waals surface area contributed by atoms with Crippen LogP contribution >= 0.6 is 0 Å². The number of hydrogen-bond donors (Lipinski definition) is 2. The molecule has 0 fully saturated rings. The SMILES string of the molecule is CC(C)C(C)NC(=O)Nc1cccnc1-n1cncn1. The van der Waals surface area contributed by atoms with Gasteiger partial charge in [0.1, 0.15) is 12.7 Å². The highest BCUT2D eigenvalue weighted by atomic mass is 16.2. The zero-order chi connectivity index (χ0) is 14.5. The molecule has 2 heterocycles. The summed E-state index contributed by atoms with van der Waals surface area (Å²) in [6.07, 6.45) is 4.58. The van der Waals surface area contributed by atoms with Gasteiger partial charge in [0.2, 0.25) is 0 Å². The molecule has 0 aromatic carbocycles. The predicted octanol–water partition coefficient (Wildman–Crippen LogP) is 1.83. The molecule has 0 saturated heterocycles. The fourth-order valence-electron chi connectivity index (χ4n) is 1.53. The highest BCUT2D eigenvalue weighted by Crippen LogP contribution is 2.15. The van der Waals surface area contributed by atoms with Gasteiger partial charge in [-0.25, -0.2) is 19.4 Å². The molecule has 2 aromatic rings. The lowest BCUT2D eigenvalue weighted by atomic mass is 10.1. The van der Waals surface area contributed by atoms with Crippen molar-refractivity contribution in [2.45, 2.75) is 26.8 Å². The van der Waals surface area contributed by atoms with Crippen LogP contribution in [0.25, 0.3) is 5.82 Å². The number of aromatic nitrogens is 4. The number of carbonyl (C=O) groups is 1. The minimum Gasteiger partial charge on any atom is -0.335 e. The molecular weight excluding hydrogens is 256 g/mol. The smallest absolute Gasteiger partial charge is 0.319 e. The van der Waals surface area contributed by atoms with Crippen molar-refractivity contribution in [1.82, 2.24) is 25.1 Å². The Bertz CT molecular complexity index is 566. The second kappa shape index (κ2) is 6.14. The van der Waals surface area contributed by atoms with Gasteiger partial charge in [-0.1, -0.05) is 13.8 Å². The van der Waals surface area contributed by atoms with Crippen LogP contribution in [0.1, 0.15) is 20.8 Å². The third-order valence-electron chi connectivity index (χ3n) is 3.03. The molecule has 20 heavy (non-hydrogen) atoms. The fraction of sp³-hybridized carbons (Fsp3) is 0.385. The summed E-state index contributed by atoms with van der Waals surface area (Å²) >= 11 is 0. The molecule has 2 amide bonds. The lowest BCUT2D eigenvalue weighted by Gasteiger charge is -2.18. The van der Waals surface area contributed by atoms with Gasteiger partial charge in [-0.05, 0) is 25.0 Å². The van der Waals surface area contributed by atoms with E-state index in [0.29, 0.717) is 17.4 Å². The van der Waals surface area contributed by atoms with Gasteiger partial charge in [-0.3, -0.25) is 0 Å². The Morgan fingerprint density at radius 3 is 2.80 bits per heavy atom. The van der Waals surface area contributed by atoms with Gasteiger partial charge in [-0.15, -0.1) is 0 Å². The Labute approximate surface area is 117 Å². The summed E-state index contributed by atoms with van der Waals surface area (Å²) in [7, 11) is 0. The van der Waals surface area contributed by atoms with Crippen LogP contribution in [0.15, 0.2) is 31.0 Å². The van der Waals surface area contributed by atoms with Crippen LogP contribution in [0.4, 0.5) is 10.5 Å². The number of urea groups is 1. The summed E-state index contributed by atoms with van der Waals surface area (Å²) in [5, 5.41) is 9.68. The quantitative estimate of drug-likeness (QED) is 0.890. The van der Waals surface area contributed by atoms with Gasteiger partial charge < -0.3 is 10.6 Å². The average molecular weight is 274 g/mol. The van der Waals surface area contributed by atoms with E-state index >= 15 is 0 Å². The maximum absolute atomic E-state index is 12.0. The third kappa shape index (κ3) is 3.31. The number of anilines is 1. The Morgan fingerprint density at radius 2 is 2.15 bits per heavy atom. The molecule has 2 aromatic heterocycles. The van der Waals surface area contributed by atoms with Crippen LogP contribution in [0.5, 0.6) is 0 Å². The molecule has 0 bridgehead atoms. The van der Waals surface area contributed by atoms with Crippen molar-refractivity contribution >= 4 is 11.7 Å².